The number of carbonyl (C=O) groups is 2. The second kappa shape index (κ2) is 8.52. The SMILES string of the molecule is C=CCOc1ccc(CCC(=O)NC2(C(N)=O)CCCCC2)cc1. The maximum absolute atomic E-state index is 12.2. The van der Waals surface area contributed by atoms with E-state index in [1.54, 1.807) is 6.08 Å². The van der Waals surface area contributed by atoms with Crippen LogP contribution < -0.4 is 15.8 Å². The summed E-state index contributed by atoms with van der Waals surface area (Å²) in [5, 5.41) is 2.89. The lowest BCUT2D eigenvalue weighted by atomic mass is 9.81. The molecule has 1 aromatic carbocycles. The van der Waals surface area contributed by atoms with E-state index in [1.165, 1.54) is 0 Å². The van der Waals surface area contributed by atoms with Gasteiger partial charge < -0.3 is 15.8 Å². The molecular weight excluding hydrogens is 304 g/mol. The summed E-state index contributed by atoms with van der Waals surface area (Å²) >= 11 is 0. The maximum atomic E-state index is 12.2. The first-order valence-electron chi connectivity index (χ1n) is 8.49. The van der Waals surface area contributed by atoms with Crippen LogP contribution in [0.15, 0.2) is 36.9 Å². The molecule has 5 nitrogen and oxygen atoms in total. The first kappa shape index (κ1) is 18.0. The molecule has 0 spiro atoms. The van der Waals surface area contributed by atoms with Gasteiger partial charge in [0.25, 0.3) is 0 Å². The Hall–Kier alpha value is -2.30. The van der Waals surface area contributed by atoms with E-state index in [0.29, 0.717) is 32.3 Å². The molecule has 0 bridgehead atoms. The summed E-state index contributed by atoms with van der Waals surface area (Å²) in [4.78, 5) is 24.0. The van der Waals surface area contributed by atoms with Crippen molar-refractivity contribution in [3.05, 3.63) is 42.5 Å². The van der Waals surface area contributed by atoms with E-state index in [4.69, 9.17) is 10.5 Å². The van der Waals surface area contributed by atoms with Crippen molar-refractivity contribution >= 4 is 11.8 Å². The number of primary amides is 1. The summed E-state index contributed by atoms with van der Waals surface area (Å²) in [6, 6.07) is 7.64. The van der Waals surface area contributed by atoms with Crippen LogP contribution in [0.3, 0.4) is 0 Å². The molecule has 0 unspecified atom stereocenters. The Morgan fingerprint density at radius 3 is 2.46 bits per heavy atom. The van der Waals surface area contributed by atoms with Crippen LogP contribution >= 0.6 is 0 Å². The Bertz CT molecular complexity index is 575. The van der Waals surface area contributed by atoms with Gasteiger partial charge in [0.15, 0.2) is 0 Å². The lowest BCUT2D eigenvalue weighted by molar-refractivity contribution is -0.132. The molecule has 0 saturated heterocycles. The third-order valence-corrected chi connectivity index (χ3v) is 4.49. The molecule has 2 rings (SSSR count). The van der Waals surface area contributed by atoms with Crippen LogP contribution in [0.1, 0.15) is 44.1 Å². The van der Waals surface area contributed by atoms with Crippen molar-refractivity contribution in [1.29, 1.82) is 0 Å². The molecule has 0 aromatic heterocycles. The van der Waals surface area contributed by atoms with Crippen molar-refractivity contribution in [1.82, 2.24) is 5.32 Å². The summed E-state index contributed by atoms with van der Waals surface area (Å²) in [6.45, 7) is 4.07. The van der Waals surface area contributed by atoms with Gasteiger partial charge in [-0.3, -0.25) is 9.59 Å². The molecule has 1 fully saturated rings. The zero-order chi connectivity index (χ0) is 17.4. The molecule has 1 saturated carbocycles. The molecule has 0 atom stereocenters. The Balaban J connectivity index is 1.85. The Labute approximate surface area is 143 Å². The first-order chi connectivity index (χ1) is 11.6. The quantitative estimate of drug-likeness (QED) is 0.719. The monoisotopic (exact) mass is 330 g/mol. The summed E-state index contributed by atoms with van der Waals surface area (Å²) in [6.07, 6.45) is 6.87. The van der Waals surface area contributed by atoms with Crippen LogP contribution in [0, 0.1) is 0 Å². The minimum absolute atomic E-state index is 0.123. The zero-order valence-corrected chi connectivity index (χ0v) is 14.1. The van der Waals surface area contributed by atoms with Crippen LogP contribution in [0.5, 0.6) is 5.75 Å². The molecule has 1 aliphatic rings. The zero-order valence-electron chi connectivity index (χ0n) is 14.1. The average molecular weight is 330 g/mol. The third kappa shape index (κ3) is 4.85. The fraction of sp³-hybridized carbons (Fsp3) is 0.474. The fourth-order valence-corrected chi connectivity index (χ4v) is 3.08. The Morgan fingerprint density at radius 1 is 1.21 bits per heavy atom. The van der Waals surface area contributed by atoms with Gasteiger partial charge in [-0.25, -0.2) is 0 Å². The predicted octanol–water partition coefficient (Wildman–Crippen LogP) is 2.49. The minimum atomic E-state index is -0.849. The molecule has 5 heteroatoms. The number of hydrogen-bond donors (Lipinski definition) is 2. The van der Waals surface area contributed by atoms with Gasteiger partial charge >= 0.3 is 0 Å². The topological polar surface area (TPSA) is 81.4 Å². The number of rotatable bonds is 8. The molecule has 2 amide bonds. The van der Waals surface area contributed by atoms with Crippen LogP contribution in [0.2, 0.25) is 0 Å². The smallest absolute Gasteiger partial charge is 0.243 e. The van der Waals surface area contributed by atoms with Gasteiger partial charge in [0.05, 0.1) is 0 Å². The van der Waals surface area contributed by atoms with E-state index >= 15 is 0 Å². The van der Waals surface area contributed by atoms with Crippen molar-refractivity contribution in [2.45, 2.75) is 50.5 Å². The summed E-state index contributed by atoms with van der Waals surface area (Å²) < 4.78 is 5.43. The molecule has 130 valence electrons. The molecule has 0 heterocycles. The van der Waals surface area contributed by atoms with E-state index < -0.39 is 11.4 Å². The van der Waals surface area contributed by atoms with E-state index in [1.807, 2.05) is 24.3 Å². The van der Waals surface area contributed by atoms with Gasteiger partial charge in [0.2, 0.25) is 11.8 Å². The van der Waals surface area contributed by atoms with Gasteiger partial charge in [0, 0.05) is 6.42 Å². The number of carbonyl (C=O) groups excluding carboxylic acids is 2. The van der Waals surface area contributed by atoms with Gasteiger partial charge in [-0.05, 0) is 37.0 Å². The number of hydrogen-bond acceptors (Lipinski definition) is 3. The Kier molecular flexibility index (Phi) is 6.41. The van der Waals surface area contributed by atoms with E-state index in [0.717, 1.165) is 30.6 Å². The number of aryl methyl sites for hydroxylation is 1. The highest BCUT2D eigenvalue weighted by Gasteiger charge is 2.38. The highest BCUT2D eigenvalue weighted by molar-refractivity contribution is 5.90. The van der Waals surface area contributed by atoms with E-state index in [9.17, 15) is 9.59 Å². The number of ether oxygens (including phenoxy) is 1. The third-order valence-electron chi connectivity index (χ3n) is 4.49. The number of benzene rings is 1. The standard InChI is InChI=1S/C19H26N2O3/c1-2-14-24-16-9-6-15(7-10-16)8-11-17(22)21-19(18(20)23)12-4-3-5-13-19/h2,6-7,9-10H,1,3-5,8,11-14H2,(H2,20,23)(H,21,22). The summed E-state index contributed by atoms with van der Waals surface area (Å²) in [7, 11) is 0. The average Bonchev–Trinajstić information content (AvgIpc) is 2.59. The molecular formula is C19H26N2O3. The van der Waals surface area contributed by atoms with Gasteiger partial charge in [-0.2, -0.15) is 0 Å². The summed E-state index contributed by atoms with van der Waals surface area (Å²) in [5.74, 6) is 0.236. The maximum Gasteiger partial charge on any atom is 0.243 e. The van der Waals surface area contributed by atoms with Crippen molar-refractivity contribution < 1.29 is 14.3 Å². The van der Waals surface area contributed by atoms with Crippen LogP contribution in [-0.2, 0) is 16.0 Å². The number of amides is 2. The highest BCUT2D eigenvalue weighted by Crippen LogP contribution is 2.28. The molecule has 1 aromatic rings. The van der Waals surface area contributed by atoms with Crippen LogP contribution in [0.25, 0.3) is 0 Å². The lowest BCUT2D eigenvalue weighted by Crippen LogP contribution is -2.58. The minimum Gasteiger partial charge on any atom is -0.490 e. The number of nitrogens with one attached hydrogen (secondary N) is 1. The van der Waals surface area contributed by atoms with Crippen LogP contribution in [-0.4, -0.2) is 24.0 Å². The molecule has 0 radical (unpaired) electrons. The molecule has 1 aliphatic carbocycles. The normalized spacial score (nSPS) is 16.2. The molecule has 24 heavy (non-hydrogen) atoms. The van der Waals surface area contributed by atoms with Crippen molar-refractivity contribution in [3.63, 3.8) is 0 Å². The molecule has 0 aliphatic heterocycles. The second-order valence-electron chi connectivity index (χ2n) is 6.30. The predicted molar refractivity (Wildman–Crippen MR) is 93.6 cm³/mol. The van der Waals surface area contributed by atoms with Crippen molar-refractivity contribution in [2.24, 2.45) is 5.73 Å². The van der Waals surface area contributed by atoms with Crippen LogP contribution in [0.4, 0.5) is 0 Å². The van der Waals surface area contributed by atoms with Crippen molar-refractivity contribution in [2.75, 3.05) is 6.61 Å². The van der Waals surface area contributed by atoms with Gasteiger partial charge in [-0.1, -0.05) is 44.1 Å². The van der Waals surface area contributed by atoms with Gasteiger partial charge in [-0.15, -0.1) is 0 Å². The lowest BCUT2D eigenvalue weighted by Gasteiger charge is -2.35. The van der Waals surface area contributed by atoms with Gasteiger partial charge in [0.1, 0.15) is 17.9 Å². The first-order valence-corrected chi connectivity index (χ1v) is 8.49. The van der Waals surface area contributed by atoms with E-state index in [-0.39, 0.29) is 5.91 Å². The highest BCUT2D eigenvalue weighted by atomic mass is 16.5. The number of nitrogens with two attached hydrogens (primary N) is 1. The summed E-state index contributed by atoms with van der Waals surface area (Å²) in [5.41, 5.74) is 5.74. The largest absolute Gasteiger partial charge is 0.490 e. The molecule has 3 N–H and O–H groups in total. The Morgan fingerprint density at radius 2 is 1.88 bits per heavy atom. The fourth-order valence-electron chi connectivity index (χ4n) is 3.08. The van der Waals surface area contributed by atoms with Crippen molar-refractivity contribution in [3.8, 4) is 5.75 Å². The second-order valence-corrected chi connectivity index (χ2v) is 6.30. The van der Waals surface area contributed by atoms with E-state index in [2.05, 4.69) is 11.9 Å².